The normalized spacial score (nSPS) is 17.4. The van der Waals surface area contributed by atoms with Crippen LogP contribution in [0.15, 0.2) is 33.5 Å². The van der Waals surface area contributed by atoms with Crippen molar-refractivity contribution in [2.45, 2.75) is 12.3 Å². The number of hydrogen-bond acceptors (Lipinski definition) is 4. The van der Waals surface area contributed by atoms with Gasteiger partial charge in [0.1, 0.15) is 5.82 Å². The Morgan fingerprint density at radius 2 is 2.05 bits per heavy atom. The van der Waals surface area contributed by atoms with E-state index in [2.05, 4.69) is 31.2 Å². The summed E-state index contributed by atoms with van der Waals surface area (Å²) in [6.45, 7) is 0. The molecule has 20 heavy (non-hydrogen) atoms. The Morgan fingerprint density at radius 3 is 2.80 bits per heavy atom. The maximum Gasteiger partial charge on any atom is 0.258 e. The van der Waals surface area contributed by atoms with E-state index in [9.17, 15) is 9.59 Å². The molecule has 0 fully saturated rings. The van der Waals surface area contributed by atoms with E-state index in [-0.39, 0.29) is 35.6 Å². The van der Waals surface area contributed by atoms with Gasteiger partial charge in [0.15, 0.2) is 0 Å². The van der Waals surface area contributed by atoms with Crippen molar-refractivity contribution in [2.24, 2.45) is 0 Å². The average molecular weight is 335 g/mol. The molecular formula is C13H11BrN4O2. The van der Waals surface area contributed by atoms with Crippen LogP contribution in [0.2, 0.25) is 0 Å². The molecule has 4 N–H and O–H groups in total. The van der Waals surface area contributed by atoms with Gasteiger partial charge in [-0.25, -0.2) is 0 Å². The van der Waals surface area contributed by atoms with Crippen molar-refractivity contribution in [3.05, 3.63) is 50.2 Å². The minimum absolute atomic E-state index is 0.0122. The van der Waals surface area contributed by atoms with E-state index in [1.165, 1.54) is 0 Å². The molecule has 0 bridgehead atoms. The van der Waals surface area contributed by atoms with Crippen LogP contribution in [0, 0.1) is 0 Å². The zero-order valence-corrected chi connectivity index (χ0v) is 11.9. The lowest BCUT2D eigenvalue weighted by Crippen LogP contribution is -2.31. The molecule has 6 nitrogen and oxygen atoms in total. The van der Waals surface area contributed by atoms with E-state index < -0.39 is 0 Å². The van der Waals surface area contributed by atoms with Gasteiger partial charge in [-0.15, -0.1) is 0 Å². The molecule has 1 aromatic carbocycles. The van der Waals surface area contributed by atoms with Crippen LogP contribution in [0.1, 0.15) is 23.5 Å². The summed E-state index contributed by atoms with van der Waals surface area (Å²) in [6, 6.07) is 7.50. The number of H-pyrrole nitrogens is 1. The summed E-state index contributed by atoms with van der Waals surface area (Å²) in [5, 5.41) is 2.60. The van der Waals surface area contributed by atoms with E-state index in [1.807, 2.05) is 24.3 Å². The van der Waals surface area contributed by atoms with Crippen molar-refractivity contribution in [3.63, 3.8) is 0 Å². The molecule has 3 rings (SSSR count). The largest absolute Gasteiger partial charge is 0.369 e. The van der Waals surface area contributed by atoms with Gasteiger partial charge in [0.25, 0.3) is 5.56 Å². The molecule has 1 atom stereocenters. The fraction of sp³-hybridized carbons (Fsp3) is 0.154. The number of benzene rings is 1. The maximum absolute atomic E-state index is 12.1. The van der Waals surface area contributed by atoms with E-state index in [0.29, 0.717) is 5.56 Å². The van der Waals surface area contributed by atoms with Crippen LogP contribution in [0.5, 0.6) is 0 Å². The third kappa shape index (κ3) is 2.09. The first kappa shape index (κ1) is 12.9. The lowest BCUT2D eigenvalue weighted by Gasteiger charge is -2.24. The Bertz CT molecular complexity index is 756. The van der Waals surface area contributed by atoms with Crippen molar-refractivity contribution >= 4 is 33.6 Å². The highest BCUT2D eigenvalue weighted by Gasteiger charge is 2.31. The number of hydrogen-bond donors (Lipinski definition) is 3. The summed E-state index contributed by atoms with van der Waals surface area (Å²) in [5.41, 5.74) is 6.50. The van der Waals surface area contributed by atoms with Crippen molar-refractivity contribution < 1.29 is 4.79 Å². The number of fused-ring (bicyclic) bond motifs is 1. The third-order valence-electron chi connectivity index (χ3n) is 3.25. The number of carbonyl (C=O) groups is 1. The van der Waals surface area contributed by atoms with E-state index in [1.54, 1.807) is 0 Å². The van der Waals surface area contributed by atoms with E-state index >= 15 is 0 Å². The van der Waals surface area contributed by atoms with Gasteiger partial charge in [0, 0.05) is 16.8 Å². The summed E-state index contributed by atoms with van der Waals surface area (Å²) < 4.78 is 0.849. The lowest BCUT2D eigenvalue weighted by atomic mass is 9.87. The first-order valence-corrected chi connectivity index (χ1v) is 6.79. The summed E-state index contributed by atoms with van der Waals surface area (Å²) in [4.78, 5) is 30.5. The van der Waals surface area contributed by atoms with Gasteiger partial charge in [-0.2, -0.15) is 4.98 Å². The number of aromatic nitrogens is 2. The molecule has 1 aliphatic rings. The van der Waals surface area contributed by atoms with Gasteiger partial charge in [-0.05, 0) is 11.6 Å². The van der Waals surface area contributed by atoms with Crippen LogP contribution in [0.25, 0.3) is 0 Å². The molecule has 7 heteroatoms. The topological polar surface area (TPSA) is 101 Å². The highest BCUT2D eigenvalue weighted by atomic mass is 79.9. The van der Waals surface area contributed by atoms with E-state index in [0.717, 1.165) is 10.0 Å². The minimum atomic E-state index is -0.342. The first-order valence-electron chi connectivity index (χ1n) is 6.00. The minimum Gasteiger partial charge on any atom is -0.369 e. The van der Waals surface area contributed by atoms with Gasteiger partial charge in [0.2, 0.25) is 11.9 Å². The third-order valence-corrected chi connectivity index (χ3v) is 3.97. The summed E-state index contributed by atoms with van der Waals surface area (Å²) in [5.74, 6) is -0.299. The highest BCUT2D eigenvalue weighted by molar-refractivity contribution is 9.10. The molecule has 0 saturated carbocycles. The van der Waals surface area contributed by atoms with Crippen LogP contribution in [0.3, 0.4) is 0 Å². The van der Waals surface area contributed by atoms with Gasteiger partial charge in [0.05, 0.1) is 5.56 Å². The molecule has 102 valence electrons. The standard InChI is InChI=1S/C13H11BrN4O2/c14-8-4-2-1-3-6(8)7-5-9(19)16-11-10(7)12(20)18-13(15)17-11/h1-4,7H,5H2,(H4,15,16,17,18,19,20). The fourth-order valence-electron chi connectivity index (χ4n) is 2.41. The van der Waals surface area contributed by atoms with Crippen molar-refractivity contribution in [1.29, 1.82) is 0 Å². The second-order valence-corrected chi connectivity index (χ2v) is 5.39. The molecule has 1 unspecified atom stereocenters. The van der Waals surface area contributed by atoms with E-state index in [4.69, 9.17) is 5.73 Å². The van der Waals surface area contributed by atoms with Crippen LogP contribution in [-0.2, 0) is 4.79 Å². The first-order chi connectivity index (χ1) is 9.56. The molecule has 0 spiro atoms. The number of halogens is 1. The second kappa shape index (κ2) is 4.75. The maximum atomic E-state index is 12.1. The number of carbonyl (C=O) groups excluding carboxylic acids is 1. The summed E-state index contributed by atoms with van der Waals surface area (Å²) in [7, 11) is 0. The number of aromatic amines is 1. The number of anilines is 2. The Kier molecular flexibility index (Phi) is 3.06. The summed E-state index contributed by atoms with van der Waals surface area (Å²) >= 11 is 3.45. The lowest BCUT2D eigenvalue weighted by molar-refractivity contribution is -0.116. The Morgan fingerprint density at radius 1 is 1.30 bits per heavy atom. The number of nitrogens with zero attached hydrogens (tertiary/aromatic N) is 1. The highest BCUT2D eigenvalue weighted by Crippen LogP contribution is 2.37. The van der Waals surface area contributed by atoms with Crippen LogP contribution < -0.4 is 16.6 Å². The van der Waals surface area contributed by atoms with Crippen molar-refractivity contribution in [2.75, 3.05) is 11.1 Å². The number of nitrogens with two attached hydrogens (primary N) is 1. The predicted molar refractivity (Wildman–Crippen MR) is 78.5 cm³/mol. The smallest absolute Gasteiger partial charge is 0.258 e. The Balaban J connectivity index is 2.23. The molecule has 1 aromatic heterocycles. The summed E-state index contributed by atoms with van der Waals surface area (Å²) in [6.07, 6.45) is 0.199. The van der Waals surface area contributed by atoms with Gasteiger partial charge < -0.3 is 11.1 Å². The molecule has 1 aliphatic heterocycles. The Hall–Kier alpha value is -2.15. The van der Waals surface area contributed by atoms with Crippen molar-refractivity contribution in [3.8, 4) is 0 Å². The van der Waals surface area contributed by atoms with Crippen LogP contribution in [-0.4, -0.2) is 15.9 Å². The number of nitrogen functional groups attached to an aromatic ring is 1. The molecule has 0 aliphatic carbocycles. The van der Waals surface area contributed by atoms with Crippen molar-refractivity contribution in [1.82, 2.24) is 9.97 Å². The fourth-order valence-corrected chi connectivity index (χ4v) is 2.97. The predicted octanol–water partition coefficient (Wildman–Crippen LogP) is 1.59. The SMILES string of the molecule is Nc1nc2c(c(=O)[nH]1)C(c1ccccc1Br)CC(=O)N2. The van der Waals surface area contributed by atoms with Gasteiger partial charge >= 0.3 is 0 Å². The zero-order valence-electron chi connectivity index (χ0n) is 10.3. The second-order valence-electron chi connectivity index (χ2n) is 4.54. The Labute approximate surface area is 122 Å². The molecule has 2 heterocycles. The zero-order chi connectivity index (χ0) is 14.3. The van der Waals surface area contributed by atoms with Gasteiger partial charge in [-0.3, -0.25) is 14.6 Å². The molecule has 1 amide bonds. The quantitative estimate of drug-likeness (QED) is 0.737. The number of amides is 1. The monoisotopic (exact) mass is 334 g/mol. The van der Waals surface area contributed by atoms with Crippen LogP contribution in [0.4, 0.5) is 11.8 Å². The van der Waals surface area contributed by atoms with Gasteiger partial charge in [-0.1, -0.05) is 34.1 Å². The molecular weight excluding hydrogens is 324 g/mol. The number of nitrogens with one attached hydrogen (secondary N) is 2. The average Bonchev–Trinajstić information content (AvgIpc) is 2.37. The molecule has 2 aromatic rings. The molecule has 0 radical (unpaired) electrons. The van der Waals surface area contributed by atoms with Crippen LogP contribution >= 0.6 is 15.9 Å². The number of rotatable bonds is 1. The molecule has 0 saturated heterocycles.